The van der Waals surface area contributed by atoms with Crippen LogP contribution in [0, 0.1) is 0 Å². The van der Waals surface area contributed by atoms with Gasteiger partial charge in [-0.3, -0.25) is 9.38 Å². The summed E-state index contributed by atoms with van der Waals surface area (Å²) >= 11 is 12.1. The minimum Gasteiger partial charge on any atom is -0.505 e. The molecule has 2 heterocycles. The van der Waals surface area contributed by atoms with Crippen LogP contribution >= 0.6 is 23.2 Å². The maximum absolute atomic E-state index is 9.73. The highest BCUT2D eigenvalue weighted by molar-refractivity contribution is 6.37. The van der Waals surface area contributed by atoms with Gasteiger partial charge < -0.3 is 15.2 Å². The first-order valence-electron chi connectivity index (χ1n) is 6.85. The molecule has 8 heteroatoms. The van der Waals surface area contributed by atoms with Gasteiger partial charge in [-0.2, -0.15) is 0 Å². The number of phenolic OH excluding ortho intramolecular Hbond substituents is 1. The zero-order valence-electron chi connectivity index (χ0n) is 12.3. The molecular formula is C15H14Cl2N4O2. The van der Waals surface area contributed by atoms with Crippen molar-refractivity contribution in [2.45, 2.75) is 0 Å². The summed E-state index contributed by atoms with van der Waals surface area (Å²) in [6.45, 7) is 1.16. The first kappa shape index (κ1) is 15.9. The van der Waals surface area contributed by atoms with Crippen molar-refractivity contribution in [3.63, 3.8) is 0 Å². The molecule has 0 unspecified atom stereocenters. The van der Waals surface area contributed by atoms with Crippen molar-refractivity contribution in [3.8, 4) is 17.0 Å². The molecule has 3 rings (SSSR count). The number of ether oxygens (including phenoxy) is 1. The van der Waals surface area contributed by atoms with E-state index < -0.39 is 0 Å². The van der Waals surface area contributed by atoms with Crippen molar-refractivity contribution in [1.29, 1.82) is 0 Å². The molecule has 0 aliphatic carbocycles. The molecule has 0 bridgehead atoms. The Morgan fingerprint density at radius 2 is 2.04 bits per heavy atom. The molecule has 0 saturated carbocycles. The Morgan fingerprint density at radius 3 is 2.74 bits per heavy atom. The summed E-state index contributed by atoms with van der Waals surface area (Å²) in [5.41, 5.74) is 2.04. The zero-order valence-corrected chi connectivity index (χ0v) is 13.8. The summed E-state index contributed by atoms with van der Waals surface area (Å²) in [4.78, 5) is 8.65. The zero-order chi connectivity index (χ0) is 16.4. The molecule has 120 valence electrons. The number of benzene rings is 1. The van der Waals surface area contributed by atoms with E-state index in [4.69, 9.17) is 27.9 Å². The topological polar surface area (TPSA) is 71.7 Å². The van der Waals surface area contributed by atoms with E-state index in [0.29, 0.717) is 30.1 Å². The van der Waals surface area contributed by atoms with Crippen molar-refractivity contribution in [3.05, 3.63) is 40.8 Å². The number of aromatic nitrogens is 3. The monoisotopic (exact) mass is 352 g/mol. The normalized spacial score (nSPS) is 11.1. The number of methoxy groups -OCH3 is 1. The average molecular weight is 353 g/mol. The lowest BCUT2D eigenvalue weighted by atomic mass is 10.1. The number of rotatable bonds is 5. The molecule has 3 aromatic rings. The Balaban J connectivity index is 2.14. The SMILES string of the molecule is COCCNc1c(-c2cc(Cl)c(O)c(Cl)c2)nc2cnccn12. The number of imidazole rings is 1. The van der Waals surface area contributed by atoms with Gasteiger partial charge in [-0.1, -0.05) is 23.2 Å². The van der Waals surface area contributed by atoms with Crippen molar-refractivity contribution in [1.82, 2.24) is 14.4 Å². The largest absolute Gasteiger partial charge is 0.505 e. The lowest BCUT2D eigenvalue weighted by Crippen LogP contribution is -2.10. The van der Waals surface area contributed by atoms with Crippen LogP contribution in [0.5, 0.6) is 5.75 Å². The molecule has 0 spiro atoms. The number of fused-ring (bicyclic) bond motifs is 1. The summed E-state index contributed by atoms with van der Waals surface area (Å²) in [5.74, 6) is 0.633. The Hall–Kier alpha value is -2.02. The number of phenols is 1. The van der Waals surface area contributed by atoms with Crippen LogP contribution in [0.25, 0.3) is 16.9 Å². The van der Waals surface area contributed by atoms with Gasteiger partial charge in [0.25, 0.3) is 0 Å². The average Bonchev–Trinajstić information content (AvgIpc) is 2.91. The highest BCUT2D eigenvalue weighted by Crippen LogP contribution is 2.38. The van der Waals surface area contributed by atoms with Crippen molar-refractivity contribution in [2.75, 3.05) is 25.6 Å². The number of hydrogen-bond donors (Lipinski definition) is 2. The predicted octanol–water partition coefficient (Wildman–Crippen LogP) is 3.47. The third kappa shape index (κ3) is 3.06. The molecule has 1 aromatic carbocycles. The summed E-state index contributed by atoms with van der Waals surface area (Å²) in [6, 6.07) is 3.25. The second kappa shape index (κ2) is 6.62. The van der Waals surface area contributed by atoms with Crippen LogP contribution in [0.1, 0.15) is 0 Å². The van der Waals surface area contributed by atoms with E-state index in [1.54, 1.807) is 31.6 Å². The smallest absolute Gasteiger partial charge is 0.157 e. The third-order valence-corrected chi connectivity index (χ3v) is 3.90. The van der Waals surface area contributed by atoms with E-state index in [9.17, 15) is 5.11 Å². The first-order valence-corrected chi connectivity index (χ1v) is 7.60. The first-order chi connectivity index (χ1) is 11.1. The number of aromatic hydroxyl groups is 1. The van der Waals surface area contributed by atoms with Crippen LogP contribution in [0.2, 0.25) is 10.0 Å². The lowest BCUT2D eigenvalue weighted by Gasteiger charge is -2.09. The van der Waals surface area contributed by atoms with Gasteiger partial charge in [-0.25, -0.2) is 4.98 Å². The molecule has 0 radical (unpaired) electrons. The van der Waals surface area contributed by atoms with Crippen LogP contribution in [-0.4, -0.2) is 39.7 Å². The van der Waals surface area contributed by atoms with Gasteiger partial charge >= 0.3 is 0 Å². The highest BCUT2D eigenvalue weighted by Gasteiger charge is 2.16. The fourth-order valence-electron chi connectivity index (χ4n) is 2.25. The second-order valence-corrected chi connectivity index (χ2v) is 5.64. The van der Waals surface area contributed by atoms with E-state index in [2.05, 4.69) is 15.3 Å². The van der Waals surface area contributed by atoms with Crippen LogP contribution in [-0.2, 0) is 4.74 Å². The maximum Gasteiger partial charge on any atom is 0.157 e. The minimum atomic E-state index is -0.142. The molecule has 0 atom stereocenters. The van der Waals surface area contributed by atoms with Gasteiger partial charge in [-0.05, 0) is 12.1 Å². The van der Waals surface area contributed by atoms with E-state index in [1.807, 2.05) is 10.6 Å². The van der Waals surface area contributed by atoms with Crippen LogP contribution in [0.3, 0.4) is 0 Å². The van der Waals surface area contributed by atoms with E-state index in [1.165, 1.54) is 0 Å². The molecule has 0 saturated heterocycles. The molecule has 2 N–H and O–H groups in total. The van der Waals surface area contributed by atoms with Crippen LogP contribution in [0.15, 0.2) is 30.7 Å². The maximum atomic E-state index is 9.73. The summed E-state index contributed by atoms with van der Waals surface area (Å²) in [6.07, 6.45) is 5.15. The number of nitrogens with zero attached hydrogens (tertiary/aromatic N) is 3. The summed E-state index contributed by atoms with van der Waals surface area (Å²) < 4.78 is 6.95. The Bertz CT molecular complexity index is 828. The van der Waals surface area contributed by atoms with Gasteiger partial charge in [0.2, 0.25) is 0 Å². The molecule has 0 aliphatic rings. The van der Waals surface area contributed by atoms with E-state index in [0.717, 1.165) is 5.82 Å². The fraction of sp³-hybridized carbons (Fsp3) is 0.200. The van der Waals surface area contributed by atoms with Crippen LogP contribution < -0.4 is 5.32 Å². The second-order valence-electron chi connectivity index (χ2n) is 4.82. The standard InChI is InChI=1S/C15H14Cl2N4O2/c1-23-5-3-19-15-13(20-12-8-18-2-4-21(12)15)9-6-10(16)14(22)11(17)7-9/h2,4,6-8,19,22H,3,5H2,1H3. The molecule has 0 fully saturated rings. The molecular weight excluding hydrogens is 339 g/mol. The number of halogens is 2. The molecule has 23 heavy (non-hydrogen) atoms. The number of anilines is 1. The Labute approximate surface area is 142 Å². The Kier molecular flexibility index (Phi) is 4.56. The predicted molar refractivity (Wildman–Crippen MR) is 90.5 cm³/mol. The van der Waals surface area contributed by atoms with Gasteiger partial charge in [0.15, 0.2) is 11.4 Å². The van der Waals surface area contributed by atoms with Gasteiger partial charge in [0.05, 0.1) is 22.8 Å². The van der Waals surface area contributed by atoms with Gasteiger partial charge in [-0.15, -0.1) is 0 Å². The molecule has 2 aromatic heterocycles. The summed E-state index contributed by atoms with van der Waals surface area (Å²) in [7, 11) is 1.64. The molecule has 6 nitrogen and oxygen atoms in total. The van der Waals surface area contributed by atoms with Gasteiger partial charge in [0, 0.05) is 31.6 Å². The van der Waals surface area contributed by atoms with E-state index >= 15 is 0 Å². The van der Waals surface area contributed by atoms with Crippen molar-refractivity contribution in [2.24, 2.45) is 0 Å². The van der Waals surface area contributed by atoms with Crippen molar-refractivity contribution < 1.29 is 9.84 Å². The number of hydrogen-bond acceptors (Lipinski definition) is 5. The molecule has 0 aliphatic heterocycles. The van der Waals surface area contributed by atoms with Gasteiger partial charge in [0.1, 0.15) is 11.5 Å². The number of nitrogens with one attached hydrogen (secondary N) is 1. The Morgan fingerprint density at radius 1 is 1.30 bits per heavy atom. The lowest BCUT2D eigenvalue weighted by molar-refractivity contribution is 0.210. The third-order valence-electron chi connectivity index (χ3n) is 3.32. The quantitative estimate of drug-likeness (QED) is 0.688. The summed E-state index contributed by atoms with van der Waals surface area (Å²) in [5, 5.41) is 13.4. The van der Waals surface area contributed by atoms with E-state index in [-0.39, 0.29) is 15.8 Å². The fourth-order valence-corrected chi connectivity index (χ4v) is 2.74. The minimum absolute atomic E-state index is 0.142. The van der Waals surface area contributed by atoms with Crippen LogP contribution in [0.4, 0.5) is 5.82 Å². The van der Waals surface area contributed by atoms with Crippen molar-refractivity contribution >= 4 is 34.7 Å². The molecule has 0 amide bonds. The highest BCUT2D eigenvalue weighted by atomic mass is 35.5.